The van der Waals surface area contributed by atoms with Gasteiger partial charge in [0.25, 0.3) is 0 Å². The highest BCUT2D eigenvalue weighted by atomic mass is 79.9. The molecule has 92 valence electrons. The van der Waals surface area contributed by atoms with Crippen LogP contribution in [-0.4, -0.2) is 13.0 Å². The van der Waals surface area contributed by atoms with Crippen molar-refractivity contribution in [3.05, 3.63) is 52.5 Å². The summed E-state index contributed by atoms with van der Waals surface area (Å²) in [4.78, 5) is 11.5. The fraction of sp³-hybridized carbons (Fsp3) is 0.0714. The monoisotopic (exact) mass is 305 g/mol. The minimum Gasteiger partial charge on any atom is -0.497 e. The van der Waals surface area contributed by atoms with Crippen molar-refractivity contribution in [2.45, 2.75) is 0 Å². The average molecular weight is 306 g/mol. The predicted molar refractivity (Wildman–Crippen MR) is 74.6 cm³/mol. The molecule has 0 aromatic heterocycles. The minimum absolute atomic E-state index is 0.455. The first-order chi connectivity index (χ1) is 8.61. The maximum absolute atomic E-state index is 11.5. The van der Waals surface area contributed by atoms with Crippen molar-refractivity contribution in [3.63, 3.8) is 0 Å². The quantitative estimate of drug-likeness (QED) is 0.946. The van der Waals surface area contributed by atoms with Gasteiger partial charge < -0.3 is 10.5 Å². The van der Waals surface area contributed by atoms with Crippen LogP contribution in [0.1, 0.15) is 10.4 Å². The van der Waals surface area contributed by atoms with E-state index in [2.05, 4.69) is 15.9 Å². The molecule has 0 saturated heterocycles. The van der Waals surface area contributed by atoms with Gasteiger partial charge in [0, 0.05) is 4.47 Å². The van der Waals surface area contributed by atoms with Gasteiger partial charge in [-0.2, -0.15) is 0 Å². The summed E-state index contributed by atoms with van der Waals surface area (Å²) < 4.78 is 6.09. The molecule has 0 heterocycles. The Morgan fingerprint density at radius 2 is 1.83 bits per heavy atom. The van der Waals surface area contributed by atoms with E-state index < -0.39 is 5.91 Å². The second-order valence-corrected chi connectivity index (χ2v) is 4.70. The van der Waals surface area contributed by atoms with E-state index >= 15 is 0 Å². The second kappa shape index (κ2) is 5.23. The maximum atomic E-state index is 11.5. The lowest BCUT2D eigenvalue weighted by atomic mass is 9.99. The summed E-state index contributed by atoms with van der Waals surface area (Å²) in [6.07, 6.45) is 0. The summed E-state index contributed by atoms with van der Waals surface area (Å²) in [7, 11) is 1.55. The van der Waals surface area contributed by atoms with Gasteiger partial charge in [-0.1, -0.05) is 28.1 Å². The SMILES string of the molecule is COc1ccc(-c2ccc(Br)cc2)c(C(N)=O)c1. The highest BCUT2D eigenvalue weighted by Crippen LogP contribution is 2.28. The van der Waals surface area contributed by atoms with Crippen LogP contribution in [0.3, 0.4) is 0 Å². The lowest BCUT2D eigenvalue weighted by Gasteiger charge is -2.09. The van der Waals surface area contributed by atoms with Crippen molar-refractivity contribution >= 4 is 21.8 Å². The first-order valence-corrected chi connectivity index (χ1v) is 6.15. The summed E-state index contributed by atoms with van der Waals surface area (Å²) in [6.45, 7) is 0. The zero-order chi connectivity index (χ0) is 13.1. The van der Waals surface area contributed by atoms with E-state index in [1.807, 2.05) is 36.4 Å². The lowest BCUT2D eigenvalue weighted by molar-refractivity contribution is 0.100. The van der Waals surface area contributed by atoms with Crippen LogP contribution in [0.2, 0.25) is 0 Å². The van der Waals surface area contributed by atoms with Crippen LogP contribution >= 0.6 is 15.9 Å². The number of benzene rings is 2. The smallest absolute Gasteiger partial charge is 0.249 e. The molecule has 0 bridgehead atoms. The molecule has 2 N–H and O–H groups in total. The number of nitrogens with two attached hydrogens (primary N) is 1. The molecule has 4 heteroatoms. The highest BCUT2D eigenvalue weighted by Gasteiger charge is 2.11. The molecule has 18 heavy (non-hydrogen) atoms. The van der Waals surface area contributed by atoms with Gasteiger partial charge in [0.15, 0.2) is 0 Å². The number of methoxy groups -OCH3 is 1. The molecule has 0 fully saturated rings. The average Bonchev–Trinajstić information content (AvgIpc) is 2.39. The third-order valence-electron chi connectivity index (χ3n) is 2.65. The Morgan fingerprint density at radius 3 is 2.39 bits per heavy atom. The molecular formula is C14H12BrNO2. The number of primary amides is 1. The van der Waals surface area contributed by atoms with Crippen LogP contribution in [-0.2, 0) is 0 Å². The van der Waals surface area contributed by atoms with Gasteiger partial charge >= 0.3 is 0 Å². The molecule has 1 amide bonds. The molecule has 0 atom stereocenters. The van der Waals surface area contributed by atoms with Gasteiger partial charge in [-0.15, -0.1) is 0 Å². The van der Waals surface area contributed by atoms with Crippen molar-refractivity contribution in [3.8, 4) is 16.9 Å². The van der Waals surface area contributed by atoms with E-state index in [0.717, 1.165) is 15.6 Å². The Labute approximate surface area is 114 Å². The van der Waals surface area contributed by atoms with Gasteiger partial charge in [-0.3, -0.25) is 4.79 Å². The molecule has 0 aliphatic heterocycles. The Morgan fingerprint density at radius 1 is 1.17 bits per heavy atom. The topological polar surface area (TPSA) is 52.3 Å². The lowest BCUT2D eigenvalue weighted by Crippen LogP contribution is -2.12. The van der Waals surface area contributed by atoms with Crippen LogP contribution < -0.4 is 10.5 Å². The van der Waals surface area contributed by atoms with E-state index in [4.69, 9.17) is 10.5 Å². The van der Waals surface area contributed by atoms with E-state index in [9.17, 15) is 4.79 Å². The van der Waals surface area contributed by atoms with Gasteiger partial charge in [0.1, 0.15) is 5.75 Å². The number of halogens is 1. The molecule has 0 aliphatic rings. The molecule has 0 spiro atoms. The number of carbonyl (C=O) groups excluding carboxylic acids is 1. The first-order valence-electron chi connectivity index (χ1n) is 5.35. The Hall–Kier alpha value is -1.81. The van der Waals surface area contributed by atoms with E-state index in [1.165, 1.54) is 0 Å². The number of hydrogen-bond acceptors (Lipinski definition) is 2. The number of ether oxygens (including phenoxy) is 1. The third-order valence-corrected chi connectivity index (χ3v) is 3.18. The summed E-state index contributed by atoms with van der Waals surface area (Å²) >= 11 is 3.38. The fourth-order valence-electron chi connectivity index (χ4n) is 1.74. The molecule has 2 rings (SSSR count). The standard InChI is InChI=1S/C14H12BrNO2/c1-18-11-6-7-12(13(8-11)14(16)17)9-2-4-10(15)5-3-9/h2-8H,1H3,(H2,16,17). The minimum atomic E-state index is -0.466. The van der Waals surface area contributed by atoms with E-state index in [1.54, 1.807) is 13.2 Å². The maximum Gasteiger partial charge on any atom is 0.249 e. The van der Waals surface area contributed by atoms with Gasteiger partial charge in [-0.25, -0.2) is 0 Å². The van der Waals surface area contributed by atoms with E-state index in [-0.39, 0.29) is 0 Å². The van der Waals surface area contributed by atoms with Gasteiger partial charge in [-0.05, 0) is 41.5 Å². The molecule has 3 nitrogen and oxygen atoms in total. The number of amides is 1. The normalized spacial score (nSPS) is 10.1. The Balaban J connectivity index is 2.56. The van der Waals surface area contributed by atoms with Crippen molar-refractivity contribution < 1.29 is 9.53 Å². The van der Waals surface area contributed by atoms with Crippen molar-refractivity contribution in [1.29, 1.82) is 0 Å². The van der Waals surface area contributed by atoms with Gasteiger partial charge in [0.05, 0.1) is 12.7 Å². The largest absolute Gasteiger partial charge is 0.497 e. The van der Waals surface area contributed by atoms with Crippen LogP contribution in [0.15, 0.2) is 46.9 Å². The van der Waals surface area contributed by atoms with Crippen molar-refractivity contribution in [2.24, 2.45) is 5.73 Å². The molecular weight excluding hydrogens is 294 g/mol. The summed E-state index contributed by atoms with van der Waals surface area (Å²) in [5, 5.41) is 0. The van der Waals surface area contributed by atoms with Crippen molar-refractivity contribution in [1.82, 2.24) is 0 Å². The zero-order valence-corrected chi connectivity index (χ0v) is 11.4. The number of hydrogen-bond donors (Lipinski definition) is 1. The first kappa shape index (κ1) is 12.6. The summed E-state index contributed by atoms with van der Waals surface area (Å²) in [5.41, 5.74) is 7.60. The zero-order valence-electron chi connectivity index (χ0n) is 9.81. The molecule has 2 aromatic carbocycles. The molecule has 0 radical (unpaired) electrons. The number of rotatable bonds is 3. The number of carbonyl (C=O) groups is 1. The van der Waals surface area contributed by atoms with Crippen LogP contribution in [0, 0.1) is 0 Å². The Bertz CT molecular complexity index is 579. The van der Waals surface area contributed by atoms with E-state index in [0.29, 0.717) is 11.3 Å². The van der Waals surface area contributed by atoms with Crippen molar-refractivity contribution in [2.75, 3.05) is 7.11 Å². The highest BCUT2D eigenvalue weighted by molar-refractivity contribution is 9.10. The second-order valence-electron chi connectivity index (χ2n) is 3.78. The third kappa shape index (κ3) is 2.54. The molecule has 0 aliphatic carbocycles. The molecule has 2 aromatic rings. The predicted octanol–water partition coefficient (Wildman–Crippen LogP) is 3.22. The molecule has 0 saturated carbocycles. The fourth-order valence-corrected chi connectivity index (χ4v) is 2.00. The Kier molecular flexibility index (Phi) is 3.67. The summed E-state index contributed by atoms with van der Waals surface area (Å²) in [5.74, 6) is 0.150. The van der Waals surface area contributed by atoms with Crippen LogP contribution in [0.5, 0.6) is 5.75 Å². The van der Waals surface area contributed by atoms with Gasteiger partial charge in [0.2, 0.25) is 5.91 Å². The van der Waals surface area contributed by atoms with Crippen LogP contribution in [0.4, 0.5) is 0 Å². The molecule has 0 unspecified atom stereocenters. The van der Waals surface area contributed by atoms with Crippen LogP contribution in [0.25, 0.3) is 11.1 Å². The summed E-state index contributed by atoms with van der Waals surface area (Å²) in [6, 6.07) is 13.0.